The second-order valence-electron chi connectivity index (χ2n) is 7.29. The van der Waals surface area contributed by atoms with E-state index < -0.39 is 12.0 Å². The summed E-state index contributed by atoms with van der Waals surface area (Å²) >= 11 is 0.724. The fourth-order valence-electron chi connectivity index (χ4n) is 3.76. The van der Waals surface area contributed by atoms with E-state index in [4.69, 9.17) is 0 Å². The van der Waals surface area contributed by atoms with Crippen molar-refractivity contribution in [2.24, 2.45) is 0 Å². The predicted molar refractivity (Wildman–Crippen MR) is 116 cm³/mol. The van der Waals surface area contributed by atoms with Crippen LogP contribution in [0.5, 0.6) is 0 Å². The number of H-pyrrole nitrogens is 1. The molecule has 1 amide bonds. The summed E-state index contributed by atoms with van der Waals surface area (Å²) in [5.74, 6) is -3.43. The SMILES string of the molecule is CC(F)(F)c1ncc(C(=O)N2CCc3[nH]cnc3[C@H]2c2cc3ccccc3cn2)s1.Cl. The van der Waals surface area contributed by atoms with Crippen LogP contribution in [0, 0.1) is 0 Å². The van der Waals surface area contributed by atoms with Gasteiger partial charge < -0.3 is 9.88 Å². The lowest BCUT2D eigenvalue weighted by Gasteiger charge is -2.34. The Balaban J connectivity index is 0.00000231. The van der Waals surface area contributed by atoms with Gasteiger partial charge in [-0.15, -0.1) is 23.7 Å². The first-order chi connectivity index (χ1) is 14.4. The van der Waals surface area contributed by atoms with Crippen molar-refractivity contribution in [1.82, 2.24) is 24.8 Å². The molecule has 3 aromatic heterocycles. The van der Waals surface area contributed by atoms with Crippen LogP contribution in [0.4, 0.5) is 8.78 Å². The van der Waals surface area contributed by atoms with E-state index in [0.717, 1.165) is 40.4 Å². The van der Waals surface area contributed by atoms with Crippen LogP contribution in [0.3, 0.4) is 0 Å². The van der Waals surface area contributed by atoms with Crippen LogP contribution >= 0.6 is 23.7 Å². The molecule has 31 heavy (non-hydrogen) atoms. The van der Waals surface area contributed by atoms with E-state index >= 15 is 0 Å². The van der Waals surface area contributed by atoms with Gasteiger partial charge in [-0.2, -0.15) is 8.78 Å². The fourth-order valence-corrected chi connectivity index (χ4v) is 4.57. The Labute approximate surface area is 186 Å². The maximum Gasteiger partial charge on any atom is 0.296 e. The monoisotopic (exact) mass is 461 g/mol. The minimum absolute atomic E-state index is 0. The van der Waals surface area contributed by atoms with Crippen molar-refractivity contribution in [2.75, 3.05) is 6.54 Å². The van der Waals surface area contributed by atoms with Crippen molar-refractivity contribution in [1.29, 1.82) is 0 Å². The van der Waals surface area contributed by atoms with Crippen LogP contribution < -0.4 is 0 Å². The van der Waals surface area contributed by atoms with E-state index in [1.807, 2.05) is 30.3 Å². The number of alkyl halides is 2. The van der Waals surface area contributed by atoms with Crippen LogP contribution in [0.15, 0.2) is 49.1 Å². The van der Waals surface area contributed by atoms with Crippen molar-refractivity contribution in [3.63, 3.8) is 0 Å². The summed E-state index contributed by atoms with van der Waals surface area (Å²) in [6.45, 7) is 1.20. The van der Waals surface area contributed by atoms with Crippen LogP contribution in [-0.2, 0) is 12.3 Å². The molecule has 0 bridgehead atoms. The number of hydrogen-bond donors (Lipinski definition) is 1. The van der Waals surface area contributed by atoms with Gasteiger partial charge in [-0.05, 0) is 11.5 Å². The van der Waals surface area contributed by atoms with Gasteiger partial charge in [0.25, 0.3) is 11.8 Å². The molecule has 1 atom stereocenters. The number of aromatic amines is 1. The summed E-state index contributed by atoms with van der Waals surface area (Å²) in [6, 6.07) is 9.28. The van der Waals surface area contributed by atoms with Gasteiger partial charge >= 0.3 is 0 Å². The molecule has 5 rings (SSSR count). The first kappa shape index (κ1) is 21.3. The van der Waals surface area contributed by atoms with Crippen molar-refractivity contribution in [3.8, 4) is 0 Å². The van der Waals surface area contributed by atoms with Crippen LogP contribution in [0.2, 0.25) is 0 Å². The number of carbonyl (C=O) groups excluding carboxylic acids is 1. The number of nitrogens with zero attached hydrogens (tertiary/aromatic N) is 4. The molecule has 4 heterocycles. The molecule has 10 heteroatoms. The van der Waals surface area contributed by atoms with E-state index in [2.05, 4.69) is 19.9 Å². The van der Waals surface area contributed by atoms with Gasteiger partial charge in [0.2, 0.25) is 0 Å². The van der Waals surface area contributed by atoms with Gasteiger partial charge in [0.1, 0.15) is 10.9 Å². The number of benzene rings is 1. The van der Waals surface area contributed by atoms with Gasteiger partial charge in [0, 0.05) is 37.2 Å². The highest BCUT2D eigenvalue weighted by molar-refractivity contribution is 7.13. The molecule has 0 radical (unpaired) electrons. The molecule has 0 spiro atoms. The second kappa shape index (κ2) is 7.97. The highest BCUT2D eigenvalue weighted by atomic mass is 35.5. The summed E-state index contributed by atoms with van der Waals surface area (Å²) in [5, 5.41) is 1.63. The van der Waals surface area contributed by atoms with Gasteiger partial charge in [0.15, 0.2) is 5.01 Å². The van der Waals surface area contributed by atoms with Crippen molar-refractivity contribution in [2.45, 2.75) is 25.3 Å². The van der Waals surface area contributed by atoms with Crippen molar-refractivity contribution < 1.29 is 13.6 Å². The molecule has 160 valence electrons. The Kier molecular flexibility index (Phi) is 5.49. The molecular weight excluding hydrogens is 444 g/mol. The lowest BCUT2D eigenvalue weighted by Crippen LogP contribution is -2.40. The molecule has 1 aromatic carbocycles. The average molecular weight is 462 g/mol. The predicted octanol–water partition coefficient (Wildman–Crippen LogP) is 4.74. The zero-order chi connectivity index (χ0) is 20.9. The molecule has 0 unspecified atom stereocenters. The summed E-state index contributed by atoms with van der Waals surface area (Å²) in [5.41, 5.74) is 2.35. The molecule has 0 saturated heterocycles. The maximum absolute atomic E-state index is 13.6. The second-order valence-corrected chi connectivity index (χ2v) is 8.32. The topological polar surface area (TPSA) is 74.8 Å². The Morgan fingerprint density at radius 3 is 2.71 bits per heavy atom. The molecule has 0 saturated carbocycles. The molecule has 0 aliphatic carbocycles. The first-order valence-electron chi connectivity index (χ1n) is 9.44. The Hall–Kier alpha value is -2.91. The maximum atomic E-state index is 13.6. The molecule has 1 aliphatic rings. The third-order valence-electron chi connectivity index (χ3n) is 5.21. The van der Waals surface area contributed by atoms with Crippen molar-refractivity contribution in [3.05, 3.63) is 76.0 Å². The number of imidazole rings is 1. The fraction of sp³-hybridized carbons (Fsp3) is 0.238. The summed E-state index contributed by atoms with van der Waals surface area (Å²) in [4.78, 5) is 31.1. The summed E-state index contributed by atoms with van der Waals surface area (Å²) < 4.78 is 27.2. The zero-order valence-corrected chi connectivity index (χ0v) is 18.0. The van der Waals surface area contributed by atoms with Gasteiger partial charge in [-0.25, -0.2) is 9.97 Å². The van der Waals surface area contributed by atoms with E-state index in [0.29, 0.717) is 18.7 Å². The average Bonchev–Trinajstić information content (AvgIpc) is 3.41. The quantitative estimate of drug-likeness (QED) is 0.478. The lowest BCUT2D eigenvalue weighted by atomic mass is 9.98. The number of thiazole rings is 1. The number of nitrogens with one attached hydrogen (secondary N) is 1. The first-order valence-corrected chi connectivity index (χ1v) is 10.3. The minimum Gasteiger partial charge on any atom is -0.348 e. The molecule has 1 aliphatic heterocycles. The highest BCUT2D eigenvalue weighted by Crippen LogP contribution is 2.36. The number of hydrogen-bond acceptors (Lipinski definition) is 5. The van der Waals surface area contributed by atoms with E-state index in [1.165, 1.54) is 6.20 Å². The zero-order valence-electron chi connectivity index (χ0n) is 16.4. The van der Waals surface area contributed by atoms with Crippen LogP contribution in [-0.4, -0.2) is 37.3 Å². The lowest BCUT2D eigenvalue weighted by molar-refractivity contribution is 0.0172. The smallest absolute Gasteiger partial charge is 0.296 e. The molecule has 0 fully saturated rings. The minimum atomic E-state index is -3.08. The molecule has 4 aromatic rings. The van der Waals surface area contributed by atoms with Gasteiger partial charge in [-0.1, -0.05) is 24.3 Å². The van der Waals surface area contributed by atoms with Gasteiger partial charge in [-0.3, -0.25) is 9.78 Å². The number of amides is 1. The van der Waals surface area contributed by atoms with Gasteiger partial charge in [0.05, 0.1) is 23.9 Å². The summed E-state index contributed by atoms with van der Waals surface area (Å²) in [7, 11) is 0. The largest absolute Gasteiger partial charge is 0.348 e. The van der Waals surface area contributed by atoms with Crippen molar-refractivity contribution >= 4 is 40.4 Å². The van der Waals surface area contributed by atoms with Crippen LogP contribution in [0.25, 0.3) is 10.8 Å². The number of aromatic nitrogens is 4. The number of fused-ring (bicyclic) bond motifs is 2. The van der Waals surface area contributed by atoms with Crippen LogP contribution in [0.1, 0.15) is 44.7 Å². The number of carbonyl (C=O) groups is 1. The van der Waals surface area contributed by atoms with E-state index in [9.17, 15) is 13.6 Å². The number of pyridine rings is 1. The Morgan fingerprint density at radius 2 is 1.97 bits per heavy atom. The van der Waals surface area contributed by atoms with E-state index in [1.54, 1.807) is 17.4 Å². The highest BCUT2D eigenvalue weighted by Gasteiger charge is 2.37. The number of halogens is 3. The Bertz CT molecular complexity index is 1250. The molecule has 1 N–H and O–H groups in total. The standard InChI is InChI=1S/C21H17F2N5OS.ClH/c1-21(22,23)20-25-10-16(30-20)19(29)28-7-6-14-17(27-11-26-14)18(28)15-8-12-4-2-3-5-13(12)9-24-15;/h2-5,8-11,18H,6-7H2,1H3,(H,26,27);1H/t18-;/m1./s1. The third kappa shape index (κ3) is 3.79. The summed E-state index contributed by atoms with van der Waals surface area (Å²) in [6.07, 6.45) is 5.21. The molecule has 6 nitrogen and oxygen atoms in total. The normalized spacial score (nSPS) is 16.1. The van der Waals surface area contributed by atoms with E-state index in [-0.39, 0.29) is 28.2 Å². The number of rotatable bonds is 3. The third-order valence-corrected chi connectivity index (χ3v) is 6.37. The Morgan fingerprint density at radius 1 is 1.19 bits per heavy atom. The molecular formula is C21H18ClF2N5OS.